The van der Waals surface area contributed by atoms with Gasteiger partial charge in [-0.1, -0.05) is 44.6 Å². The average molecular weight is 360 g/mol. The van der Waals surface area contributed by atoms with Gasteiger partial charge in [-0.3, -0.25) is 8.78 Å². The van der Waals surface area contributed by atoms with E-state index >= 15 is 0 Å². The van der Waals surface area contributed by atoms with Gasteiger partial charge in [0.2, 0.25) is 13.9 Å². The van der Waals surface area contributed by atoms with E-state index in [9.17, 15) is 30.7 Å². The van der Waals surface area contributed by atoms with Gasteiger partial charge in [0.25, 0.3) is 0 Å². The van der Waals surface area contributed by atoms with Crippen LogP contribution < -0.4 is 0 Å². The summed E-state index contributed by atoms with van der Waals surface area (Å²) in [6, 6.07) is 0. The van der Waals surface area contributed by atoms with E-state index in [1.54, 1.807) is 6.92 Å². The number of hydrogen-bond donors (Lipinski definition) is 0. The summed E-state index contributed by atoms with van der Waals surface area (Å²) in [6.07, 6.45) is 0. The smallest absolute Gasteiger partial charge is 0.229 e. The molecular formula is C14H43F7O. The quantitative estimate of drug-likeness (QED) is 0.452. The molecule has 0 amide bonds. The van der Waals surface area contributed by atoms with Crippen LogP contribution in [0.2, 0.25) is 0 Å². The zero-order valence-electron chi connectivity index (χ0n) is 9.59. The maximum atomic E-state index is 10.8. The lowest BCUT2D eigenvalue weighted by molar-refractivity contribution is 0.0672. The molecule has 0 N–H and O–H groups in total. The van der Waals surface area contributed by atoms with Crippen LogP contribution in [0.1, 0.15) is 58.4 Å². The minimum atomic E-state index is -1.75. The van der Waals surface area contributed by atoms with Crippen molar-refractivity contribution in [1.82, 2.24) is 0 Å². The second-order valence-corrected chi connectivity index (χ2v) is 1.07. The maximum Gasteiger partial charge on any atom is 0.229 e. The first-order valence-corrected chi connectivity index (χ1v) is 3.97. The Kier molecular flexibility index (Phi) is 967. The van der Waals surface area contributed by atoms with Gasteiger partial charge >= 0.3 is 0 Å². The molecule has 0 atom stereocenters. The van der Waals surface area contributed by atoms with Crippen LogP contribution in [-0.2, 0) is 4.74 Å². The third-order valence-corrected chi connectivity index (χ3v) is 0.281. The van der Waals surface area contributed by atoms with E-state index in [4.69, 9.17) is 0 Å². The molecule has 0 saturated heterocycles. The van der Waals surface area contributed by atoms with E-state index < -0.39 is 20.7 Å². The molecule has 0 fully saturated rings. The average Bonchev–Trinajstić information content (AvgIpc) is 2.25. The van der Waals surface area contributed by atoms with Crippen LogP contribution in [0.5, 0.6) is 0 Å². The first-order chi connectivity index (χ1) is 7.66. The third kappa shape index (κ3) is 3070. The Hall–Kier alpha value is -0.530. The van der Waals surface area contributed by atoms with Gasteiger partial charge in [-0.05, 0) is 13.8 Å². The Bertz CT molecular complexity index is 49.4. The van der Waals surface area contributed by atoms with Crippen molar-refractivity contribution < 1.29 is 35.5 Å². The second kappa shape index (κ2) is 259. The van der Waals surface area contributed by atoms with E-state index in [1.807, 2.05) is 0 Å². The molecule has 0 heterocycles. The molecule has 0 aliphatic rings. The Labute approximate surface area is 136 Å². The molecule has 0 aliphatic heterocycles. The molecule has 0 aromatic heterocycles. The first-order valence-electron chi connectivity index (χ1n) is 3.97. The van der Waals surface area contributed by atoms with Crippen molar-refractivity contribution in [1.29, 1.82) is 0 Å². The minimum Gasteiger partial charge on any atom is -0.351 e. The predicted molar refractivity (Wildman–Crippen MR) is 90.8 cm³/mol. The van der Waals surface area contributed by atoms with E-state index in [1.165, 1.54) is 6.92 Å². The van der Waals surface area contributed by atoms with Crippen molar-refractivity contribution in [3.63, 3.8) is 0 Å². The number of hydrogen-bond acceptors (Lipinski definition) is 1. The molecule has 0 spiro atoms. The molecule has 0 aromatic rings. The topological polar surface area (TPSA) is 9.23 Å². The van der Waals surface area contributed by atoms with E-state index in [-0.39, 0.29) is 51.2 Å². The number of rotatable bonds is 2. The SMILES string of the molecule is C.C.C.C.C.C.CCF.CCOCF.CF.FCF.FCF. The number of alkyl halides is 7. The first kappa shape index (κ1) is 82.1. The highest BCUT2D eigenvalue weighted by molar-refractivity contribution is 3.99. The van der Waals surface area contributed by atoms with Crippen LogP contribution >= 0.6 is 0 Å². The van der Waals surface area contributed by atoms with Gasteiger partial charge in [0.15, 0.2) is 6.86 Å². The fourth-order valence-electron chi connectivity index (χ4n) is 0.0772. The zero-order valence-corrected chi connectivity index (χ0v) is 9.59. The number of ether oxygens (including phenoxy) is 1. The van der Waals surface area contributed by atoms with Crippen LogP contribution in [0.3, 0.4) is 0 Å². The Morgan fingerprint density at radius 2 is 0.727 bits per heavy atom. The maximum absolute atomic E-state index is 10.8. The third-order valence-electron chi connectivity index (χ3n) is 0.281. The highest BCUT2D eigenvalue weighted by atomic mass is 19.3. The highest BCUT2D eigenvalue weighted by Gasteiger charge is 1.67. The summed E-state index contributed by atoms with van der Waals surface area (Å²) in [5, 5.41) is 0. The predicted octanol–water partition coefficient (Wildman–Crippen LogP) is 8.09. The lowest BCUT2D eigenvalue weighted by atomic mass is 10.9. The van der Waals surface area contributed by atoms with E-state index in [0.29, 0.717) is 13.8 Å². The van der Waals surface area contributed by atoms with Crippen LogP contribution in [-0.4, -0.2) is 41.2 Å². The van der Waals surface area contributed by atoms with Gasteiger partial charge in [0.05, 0.1) is 13.9 Å². The van der Waals surface area contributed by atoms with Crippen molar-refractivity contribution in [2.45, 2.75) is 58.4 Å². The van der Waals surface area contributed by atoms with Crippen molar-refractivity contribution in [3.05, 3.63) is 0 Å². The molecule has 1 nitrogen and oxygen atoms in total. The standard InChI is InChI=1S/C3H7FO.C2H5F.2CH2F2.CH3F.6CH4/c1-2-5-3-4;1-2-3;2*2-1-3;1-2;;;;;;/h2-3H2,1H3;2H2,1H3;2*1H2;1H3;6*1H4. The van der Waals surface area contributed by atoms with Gasteiger partial charge in [-0.2, -0.15) is 0 Å². The Morgan fingerprint density at radius 3 is 0.727 bits per heavy atom. The van der Waals surface area contributed by atoms with Gasteiger partial charge in [0, 0.05) is 6.61 Å². The molecule has 22 heavy (non-hydrogen) atoms. The Morgan fingerprint density at radius 1 is 0.591 bits per heavy atom. The zero-order chi connectivity index (χ0) is 14.2. The van der Waals surface area contributed by atoms with Crippen molar-refractivity contribution in [2.24, 2.45) is 0 Å². The summed E-state index contributed by atoms with van der Waals surface area (Å²) in [7, 11) is 0.500. The monoisotopic (exact) mass is 360 g/mol. The van der Waals surface area contributed by atoms with Gasteiger partial charge in [0.1, 0.15) is 0 Å². The van der Waals surface area contributed by atoms with Gasteiger partial charge < -0.3 is 4.74 Å². The van der Waals surface area contributed by atoms with E-state index in [0.717, 1.165) is 0 Å². The van der Waals surface area contributed by atoms with Gasteiger partial charge in [-0.15, -0.1) is 0 Å². The summed E-state index contributed by atoms with van der Waals surface area (Å²) in [6.45, 7) is -0.730. The fourth-order valence-corrected chi connectivity index (χ4v) is 0.0772. The number of halogens is 7. The highest BCUT2D eigenvalue weighted by Crippen LogP contribution is 1.68. The molecule has 0 aromatic carbocycles. The van der Waals surface area contributed by atoms with Crippen LogP contribution in [0.15, 0.2) is 0 Å². The Balaban J connectivity index is -0.00000000735. The summed E-state index contributed by atoms with van der Waals surface area (Å²) in [4.78, 5) is 0. The summed E-state index contributed by atoms with van der Waals surface area (Å²) in [5.74, 6) is 0. The fraction of sp³-hybridized carbons (Fsp3) is 1.00. The van der Waals surface area contributed by atoms with Crippen LogP contribution in [0.25, 0.3) is 0 Å². The molecule has 0 bridgehead atoms. The summed E-state index contributed by atoms with van der Waals surface area (Å²) in [5.41, 5.74) is 0. The lowest BCUT2D eigenvalue weighted by Crippen LogP contribution is -1.82. The van der Waals surface area contributed by atoms with Crippen molar-refractivity contribution in [2.75, 3.05) is 41.2 Å². The molecular weight excluding hydrogens is 317 g/mol. The lowest BCUT2D eigenvalue weighted by Gasteiger charge is -1.83. The molecule has 0 unspecified atom stereocenters. The van der Waals surface area contributed by atoms with Gasteiger partial charge in [-0.25, -0.2) is 22.0 Å². The normalized spacial score (nSPS) is 4.64. The second-order valence-electron chi connectivity index (χ2n) is 1.07. The summed E-state index contributed by atoms with van der Waals surface area (Å²) >= 11 is 0. The molecule has 0 saturated carbocycles. The molecule has 154 valence electrons. The summed E-state index contributed by atoms with van der Waals surface area (Å²) < 4.78 is 73.2. The minimum absolute atomic E-state index is 0. The molecule has 0 radical (unpaired) electrons. The molecule has 0 rings (SSSR count). The van der Waals surface area contributed by atoms with Crippen LogP contribution in [0, 0.1) is 0 Å². The van der Waals surface area contributed by atoms with Crippen LogP contribution in [0.4, 0.5) is 30.7 Å². The molecule has 8 heteroatoms. The van der Waals surface area contributed by atoms with E-state index in [2.05, 4.69) is 4.74 Å². The van der Waals surface area contributed by atoms with Crippen molar-refractivity contribution >= 4 is 0 Å². The molecule has 0 aliphatic carbocycles. The van der Waals surface area contributed by atoms with Crippen molar-refractivity contribution in [3.8, 4) is 0 Å². The largest absolute Gasteiger partial charge is 0.351 e.